The normalized spacial score (nSPS) is 23.4. The van der Waals surface area contributed by atoms with Gasteiger partial charge in [-0.3, -0.25) is 0 Å². The van der Waals surface area contributed by atoms with Crippen LogP contribution in [0.3, 0.4) is 0 Å². The standard InChI is InChI=1S/C14H11N2O4/c17-11-7-9-3-1-6-16-13(9)20(11)14(18)8-19-12-10(14)4-2-5-15-12/h1-6,18H,7-8H2/q+1. The number of cyclic esters (lactones) is 1. The fourth-order valence-corrected chi connectivity index (χ4v) is 2.64. The maximum atomic E-state index is 12.2. The molecule has 0 radical (unpaired) electrons. The zero-order valence-corrected chi connectivity index (χ0v) is 10.4. The summed E-state index contributed by atoms with van der Waals surface area (Å²) in [6, 6.07) is 6.97. The van der Waals surface area contributed by atoms with Gasteiger partial charge in [-0.1, -0.05) is 0 Å². The monoisotopic (exact) mass is 271 g/mol. The number of fused-ring (bicyclic) bond motifs is 2. The molecule has 0 fully saturated rings. The highest BCUT2D eigenvalue weighted by Crippen LogP contribution is 2.49. The van der Waals surface area contributed by atoms with Crippen LogP contribution in [-0.4, -0.2) is 27.7 Å². The molecule has 20 heavy (non-hydrogen) atoms. The predicted molar refractivity (Wildman–Crippen MR) is 67.1 cm³/mol. The molecule has 6 heteroatoms. The summed E-state index contributed by atoms with van der Waals surface area (Å²) >= 11 is 0. The third-order valence-corrected chi connectivity index (χ3v) is 3.54. The van der Waals surface area contributed by atoms with E-state index in [0.717, 1.165) is 5.56 Å². The fraction of sp³-hybridized carbons (Fsp3) is 0.214. The number of nitrogens with zero attached hydrogens (tertiary/aromatic N) is 2. The molecule has 2 aliphatic rings. The van der Waals surface area contributed by atoms with E-state index in [1.54, 1.807) is 30.6 Å². The van der Waals surface area contributed by atoms with Crippen LogP contribution in [0, 0.1) is 0 Å². The Labute approximate surface area is 114 Å². The highest BCUT2D eigenvalue weighted by molar-refractivity contribution is 5.82. The van der Waals surface area contributed by atoms with E-state index >= 15 is 0 Å². The Hall–Kier alpha value is -2.47. The van der Waals surface area contributed by atoms with Crippen LogP contribution < -0.4 is 4.74 Å². The molecule has 0 aromatic carbocycles. The number of aliphatic hydroxyl groups is 1. The number of pyridine rings is 2. The number of aromatic nitrogens is 2. The van der Waals surface area contributed by atoms with Crippen LogP contribution in [0.25, 0.3) is 0 Å². The van der Waals surface area contributed by atoms with Gasteiger partial charge in [0.05, 0.1) is 5.56 Å². The lowest BCUT2D eigenvalue weighted by Crippen LogP contribution is -2.40. The van der Waals surface area contributed by atoms with E-state index in [1.807, 2.05) is 6.07 Å². The van der Waals surface area contributed by atoms with E-state index in [0.29, 0.717) is 17.3 Å². The highest BCUT2D eigenvalue weighted by atomic mass is 16.8. The average molecular weight is 271 g/mol. The second kappa shape index (κ2) is 3.77. The van der Waals surface area contributed by atoms with Crippen LogP contribution in [0.4, 0.5) is 0 Å². The molecule has 4 heterocycles. The third-order valence-electron chi connectivity index (χ3n) is 3.54. The summed E-state index contributed by atoms with van der Waals surface area (Å²) in [4.78, 5) is 20.5. The maximum absolute atomic E-state index is 12.2. The second-order valence-corrected chi connectivity index (χ2v) is 4.75. The predicted octanol–water partition coefficient (Wildman–Crippen LogP) is 1.06. The first kappa shape index (κ1) is 11.4. The van der Waals surface area contributed by atoms with E-state index in [2.05, 4.69) is 14.3 Å². The topological polar surface area (TPSA) is 75.0 Å². The summed E-state index contributed by atoms with van der Waals surface area (Å²) in [6.45, 7) is -0.0776. The molecule has 0 bridgehead atoms. The van der Waals surface area contributed by atoms with Gasteiger partial charge in [0, 0.05) is 17.2 Å². The van der Waals surface area contributed by atoms with E-state index in [9.17, 15) is 9.90 Å². The largest absolute Gasteiger partial charge is 0.531 e. The molecule has 0 saturated heterocycles. The minimum atomic E-state index is -1.62. The van der Waals surface area contributed by atoms with E-state index < -0.39 is 5.79 Å². The molecule has 1 unspecified atom stereocenters. The van der Waals surface area contributed by atoms with Gasteiger partial charge in [0.1, 0.15) is 12.0 Å². The molecule has 2 aliphatic heterocycles. The van der Waals surface area contributed by atoms with Gasteiger partial charge in [0.15, 0.2) is 6.61 Å². The van der Waals surface area contributed by atoms with Gasteiger partial charge in [-0.15, -0.1) is 0 Å². The van der Waals surface area contributed by atoms with E-state index in [4.69, 9.17) is 4.74 Å². The molecule has 2 aromatic heterocycles. The SMILES string of the molecule is O=C1Cc2cccnc2[O+]1C1(O)COc2ncccc21. The second-order valence-electron chi connectivity index (χ2n) is 4.75. The van der Waals surface area contributed by atoms with Crippen molar-refractivity contribution >= 4 is 5.97 Å². The van der Waals surface area contributed by atoms with Crippen molar-refractivity contribution in [2.24, 2.45) is 0 Å². The van der Waals surface area contributed by atoms with Crippen LogP contribution in [0.2, 0.25) is 0 Å². The van der Waals surface area contributed by atoms with Gasteiger partial charge >= 0.3 is 11.8 Å². The summed E-state index contributed by atoms with van der Waals surface area (Å²) in [5.41, 5.74) is 1.23. The van der Waals surface area contributed by atoms with Crippen molar-refractivity contribution in [2.75, 3.05) is 6.61 Å². The van der Waals surface area contributed by atoms with Crippen molar-refractivity contribution in [3.8, 4) is 11.8 Å². The summed E-state index contributed by atoms with van der Waals surface area (Å²) in [5.74, 6) is -1.17. The molecule has 0 amide bonds. The Kier molecular flexibility index (Phi) is 2.14. The van der Waals surface area contributed by atoms with E-state index in [-0.39, 0.29) is 19.0 Å². The smallest absolute Gasteiger partial charge is 0.468 e. The number of ether oxygens (including phenoxy) is 1. The Morgan fingerprint density at radius 1 is 1.25 bits per heavy atom. The molecule has 6 nitrogen and oxygen atoms in total. The van der Waals surface area contributed by atoms with Gasteiger partial charge in [-0.25, -0.2) is 4.98 Å². The molecule has 0 aliphatic carbocycles. The van der Waals surface area contributed by atoms with Crippen LogP contribution in [-0.2, 0) is 21.4 Å². The fourth-order valence-electron chi connectivity index (χ4n) is 2.64. The number of carbonyl (C=O) groups excluding carboxylic acids is 1. The lowest BCUT2D eigenvalue weighted by atomic mass is 10.1. The molecule has 0 saturated carbocycles. The Bertz CT molecular complexity index is 718. The Morgan fingerprint density at radius 3 is 2.95 bits per heavy atom. The van der Waals surface area contributed by atoms with Crippen molar-refractivity contribution in [1.29, 1.82) is 0 Å². The van der Waals surface area contributed by atoms with Gasteiger partial charge < -0.3 is 14.2 Å². The molecular formula is C14H11N2O4+. The first-order valence-electron chi connectivity index (χ1n) is 6.22. The van der Waals surface area contributed by atoms with Crippen LogP contribution >= 0.6 is 0 Å². The third kappa shape index (κ3) is 1.34. The maximum Gasteiger partial charge on any atom is 0.531 e. The number of rotatable bonds is 1. The molecule has 4 rings (SSSR count). The molecule has 1 atom stereocenters. The minimum Gasteiger partial charge on any atom is -0.468 e. The number of carbonyl (C=O) groups is 1. The van der Waals surface area contributed by atoms with E-state index in [1.165, 1.54) is 0 Å². The number of hydrogen-bond acceptors (Lipinski definition) is 5. The van der Waals surface area contributed by atoms with Gasteiger partial charge in [0.25, 0.3) is 5.88 Å². The number of hydrogen-bond donors (Lipinski definition) is 1. The van der Waals surface area contributed by atoms with Crippen molar-refractivity contribution in [3.05, 3.63) is 47.8 Å². The molecule has 2 aromatic rings. The summed E-state index contributed by atoms with van der Waals surface area (Å²) in [7, 11) is 0. The van der Waals surface area contributed by atoms with Crippen molar-refractivity contribution in [1.82, 2.24) is 9.97 Å². The van der Waals surface area contributed by atoms with Crippen molar-refractivity contribution in [2.45, 2.75) is 12.2 Å². The van der Waals surface area contributed by atoms with Crippen molar-refractivity contribution in [3.63, 3.8) is 0 Å². The average Bonchev–Trinajstić information content (AvgIpc) is 2.97. The first-order valence-corrected chi connectivity index (χ1v) is 6.22. The lowest BCUT2D eigenvalue weighted by molar-refractivity contribution is -0.285. The highest BCUT2D eigenvalue weighted by Gasteiger charge is 2.56. The van der Waals surface area contributed by atoms with Crippen LogP contribution in [0.15, 0.2) is 36.7 Å². The Morgan fingerprint density at radius 2 is 2.05 bits per heavy atom. The van der Waals surface area contributed by atoms with Gasteiger partial charge in [0.2, 0.25) is 5.88 Å². The Balaban J connectivity index is 1.88. The quantitative estimate of drug-likeness (QED) is 0.620. The van der Waals surface area contributed by atoms with Gasteiger partial charge in [-0.2, -0.15) is 4.98 Å². The molecule has 0 spiro atoms. The zero-order valence-electron chi connectivity index (χ0n) is 10.4. The van der Waals surface area contributed by atoms with Crippen molar-refractivity contribution < 1.29 is 19.0 Å². The van der Waals surface area contributed by atoms with Crippen LogP contribution in [0.5, 0.6) is 11.8 Å². The van der Waals surface area contributed by atoms with Crippen LogP contribution in [0.1, 0.15) is 11.1 Å². The lowest BCUT2D eigenvalue weighted by Gasteiger charge is -2.30. The molecular weight excluding hydrogens is 260 g/mol. The first-order chi connectivity index (χ1) is 9.70. The molecule has 1 N–H and O–H groups in total. The minimum absolute atomic E-state index is 0.0776. The zero-order chi connectivity index (χ0) is 13.7. The molecule has 100 valence electrons. The summed E-state index contributed by atoms with van der Waals surface area (Å²) in [5, 5.41) is 10.9. The summed E-state index contributed by atoms with van der Waals surface area (Å²) in [6.07, 6.45) is 3.36. The summed E-state index contributed by atoms with van der Waals surface area (Å²) < 4.78 is 7.70. The van der Waals surface area contributed by atoms with Gasteiger partial charge in [-0.05, 0) is 24.3 Å².